The second-order valence-corrected chi connectivity index (χ2v) is 11.6. The van der Waals surface area contributed by atoms with E-state index in [9.17, 15) is 14.7 Å². The van der Waals surface area contributed by atoms with Crippen molar-refractivity contribution in [3.63, 3.8) is 0 Å². The van der Waals surface area contributed by atoms with Crippen LogP contribution in [-0.2, 0) is 14.3 Å². The average molecular weight is 600 g/mol. The van der Waals surface area contributed by atoms with Crippen molar-refractivity contribution in [1.82, 2.24) is 10.6 Å². The summed E-state index contributed by atoms with van der Waals surface area (Å²) in [5.74, 6) is 0.567. The molecule has 1 aliphatic rings. The molecule has 1 aliphatic carbocycles. The predicted molar refractivity (Wildman–Crippen MR) is 165 cm³/mol. The highest BCUT2D eigenvalue weighted by molar-refractivity contribution is 5.96. The molecule has 2 amide bonds. The number of amides is 2. The summed E-state index contributed by atoms with van der Waals surface area (Å²) in [4.78, 5) is 26.1. The van der Waals surface area contributed by atoms with Crippen molar-refractivity contribution >= 4 is 24.2 Å². The van der Waals surface area contributed by atoms with Crippen molar-refractivity contribution in [2.45, 2.75) is 89.9 Å². The molecule has 1 fully saturated rings. The molecule has 5 N–H and O–H groups in total. The Bertz CT molecular complexity index is 898. The predicted octanol–water partition coefficient (Wildman–Crippen LogP) is 4.10. The Morgan fingerprint density at radius 3 is 2.34 bits per heavy atom. The number of nitrogens with one attached hydrogen (secondary N) is 2. The summed E-state index contributed by atoms with van der Waals surface area (Å²) in [6.07, 6.45) is 6.64. The van der Waals surface area contributed by atoms with Crippen molar-refractivity contribution in [2.75, 3.05) is 40.5 Å². The minimum absolute atomic E-state index is 0. The largest absolute Gasteiger partial charge is 0.493 e. The van der Waals surface area contributed by atoms with E-state index < -0.39 is 17.7 Å². The second kappa shape index (κ2) is 19.3. The van der Waals surface area contributed by atoms with E-state index in [1.165, 1.54) is 6.42 Å². The summed E-state index contributed by atoms with van der Waals surface area (Å²) in [7, 11) is 3.25. The molecule has 3 unspecified atom stereocenters. The fraction of sp³-hybridized carbons (Fsp3) is 0.742. The standard InChI is InChI=1S/C31H53N3O6.ClH/c1-22(2)23(20-33-29(36)25-15-9-10-16-28(25)40-18-12-11-17-38-4)19-26(32)27(35)21-34-30(37)31(3,39-5)24-13-7-6-8-14-24;/h9-10,15-16,22-24,26-27,35H,6-8,11-14,17-21,32H2,1-5H3,(H,33,36)(H,34,37);1H/t23?,26?,27?,31-;/m1./s1. The second-order valence-electron chi connectivity index (χ2n) is 11.6. The fourth-order valence-electron chi connectivity index (χ4n) is 5.35. The highest BCUT2D eigenvalue weighted by atomic mass is 35.5. The minimum Gasteiger partial charge on any atom is -0.493 e. The molecular weight excluding hydrogens is 546 g/mol. The van der Waals surface area contributed by atoms with Crippen LogP contribution in [0.1, 0.15) is 82.5 Å². The van der Waals surface area contributed by atoms with Gasteiger partial charge in [-0.15, -0.1) is 12.4 Å². The summed E-state index contributed by atoms with van der Waals surface area (Å²) < 4.78 is 16.6. The van der Waals surface area contributed by atoms with Gasteiger partial charge in [-0.25, -0.2) is 0 Å². The van der Waals surface area contributed by atoms with Crippen molar-refractivity contribution < 1.29 is 28.9 Å². The quantitative estimate of drug-likeness (QED) is 0.187. The maximum absolute atomic E-state index is 13.1. The van der Waals surface area contributed by atoms with E-state index in [0.717, 1.165) is 38.5 Å². The number of para-hydroxylation sites is 1. The fourth-order valence-corrected chi connectivity index (χ4v) is 5.35. The van der Waals surface area contributed by atoms with Gasteiger partial charge in [0.2, 0.25) is 0 Å². The smallest absolute Gasteiger partial charge is 0.255 e. The molecule has 0 radical (unpaired) electrons. The van der Waals surface area contributed by atoms with Crippen LogP contribution in [0.15, 0.2) is 24.3 Å². The molecule has 1 aromatic carbocycles. The summed E-state index contributed by atoms with van der Waals surface area (Å²) in [6, 6.07) is 6.66. The van der Waals surface area contributed by atoms with Gasteiger partial charge in [0.1, 0.15) is 11.4 Å². The lowest BCUT2D eigenvalue weighted by atomic mass is 9.77. The molecule has 1 aromatic rings. The maximum Gasteiger partial charge on any atom is 0.255 e. The lowest BCUT2D eigenvalue weighted by molar-refractivity contribution is -0.150. The van der Waals surface area contributed by atoms with Gasteiger partial charge in [0.15, 0.2) is 0 Å². The van der Waals surface area contributed by atoms with Crippen LogP contribution in [0, 0.1) is 17.8 Å². The topological polar surface area (TPSA) is 132 Å². The third-order valence-electron chi connectivity index (χ3n) is 8.40. The van der Waals surface area contributed by atoms with E-state index in [0.29, 0.717) is 37.5 Å². The first-order chi connectivity index (χ1) is 19.1. The van der Waals surface area contributed by atoms with Crippen LogP contribution >= 0.6 is 12.4 Å². The molecule has 1 saturated carbocycles. The van der Waals surface area contributed by atoms with Crippen LogP contribution in [0.3, 0.4) is 0 Å². The Hall–Kier alpha value is -1.91. The number of methoxy groups -OCH3 is 2. The lowest BCUT2D eigenvalue weighted by Gasteiger charge is -2.37. The zero-order valence-corrected chi connectivity index (χ0v) is 26.5. The monoisotopic (exact) mass is 599 g/mol. The number of nitrogens with two attached hydrogens (primary N) is 1. The number of hydrogen-bond donors (Lipinski definition) is 4. The molecule has 0 aromatic heterocycles. The number of carbonyl (C=O) groups is 2. The van der Waals surface area contributed by atoms with Gasteiger partial charge in [-0.05, 0) is 68.9 Å². The Morgan fingerprint density at radius 2 is 1.71 bits per heavy atom. The van der Waals surface area contributed by atoms with Crippen LogP contribution in [-0.4, -0.2) is 75.2 Å². The number of aliphatic hydroxyl groups excluding tert-OH is 1. The van der Waals surface area contributed by atoms with Crippen LogP contribution in [0.2, 0.25) is 0 Å². The Labute approximate surface area is 253 Å². The Balaban J connectivity index is 0.00000840. The number of halogens is 1. The third-order valence-corrected chi connectivity index (χ3v) is 8.40. The summed E-state index contributed by atoms with van der Waals surface area (Å²) in [6.45, 7) is 7.64. The first-order valence-corrected chi connectivity index (χ1v) is 14.9. The molecule has 4 atom stereocenters. The third kappa shape index (κ3) is 11.7. The van der Waals surface area contributed by atoms with Gasteiger partial charge in [-0.3, -0.25) is 9.59 Å². The normalized spacial score (nSPS) is 17.6. The molecule has 2 rings (SSSR count). The van der Waals surface area contributed by atoms with Gasteiger partial charge < -0.3 is 35.7 Å². The molecule has 0 heterocycles. The molecule has 236 valence electrons. The maximum atomic E-state index is 13.1. The lowest BCUT2D eigenvalue weighted by Crippen LogP contribution is -2.54. The molecule has 10 heteroatoms. The highest BCUT2D eigenvalue weighted by Gasteiger charge is 2.42. The Morgan fingerprint density at radius 1 is 1.05 bits per heavy atom. The van der Waals surface area contributed by atoms with Crippen LogP contribution in [0.25, 0.3) is 0 Å². The zero-order chi connectivity index (χ0) is 29.5. The Kier molecular flexibility index (Phi) is 17.5. The van der Waals surface area contributed by atoms with Crippen LogP contribution in [0.4, 0.5) is 0 Å². The first kappa shape index (κ1) is 37.1. The SMILES string of the molecule is COCCCCOc1ccccc1C(=O)NCC(CC(N)C(O)CNC(=O)[C@](C)(OC)C1CCCCC1)C(C)C.Cl. The number of benzene rings is 1. The van der Waals surface area contributed by atoms with Gasteiger partial charge in [0, 0.05) is 40.0 Å². The molecule has 9 nitrogen and oxygen atoms in total. The van der Waals surface area contributed by atoms with Gasteiger partial charge in [-0.1, -0.05) is 45.2 Å². The molecule has 0 saturated heterocycles. The van der Waals surface area contributed by atoms with Gasteiger partial charge in [0.25, 0.3) is 11.8 Å². The zero-order valence-electron chi connectivity index (χ0n) is 25.7. The number of unbranched alkanes of at least 4 members (excludes halogenated alkanes) is 1. The van der Waals surface area contributed by atoms with Gasteiger partial charge >= 0.3 is 0 Å². The first-order valence-electron chi connectivity index (χ1n) is 14.9. The molecular formula is C31H54ClN3O6. The van der Waals surface area contributed by atoms with E-state index in [2.05, 4.69) is 24.5 Å². The van der Waals surface area contributed by atoms with E-state index in [-0.39, 0.29) is 48.5 Å². The van der Waals surface area contributed by atoms with Gasteiger partial charge in [0.05, 0.1) is 18.3 Å². The van der Waals surface area contributed by atoms with Crippen LogP contribution in [0.5, 0.6) is 5.75 Å². The summed E-state index contributed by atoms with van der Waals surface area (Å²) in [5, 5.41) is 16.7. The number of hydrogen-bond acceptors (Lipinski definition) is 7. The molecule has 0 spiro atoms. The number of carbonyl (C=O) groups excluding carboxylic acids is 2. The van der Waals surface area contributed by atoms with Crippen LogP contribution < -0.4 is 21.1 Å². The number of rotatable bonds is 18. The molecule has 0 aliphatic heterocycles. The van der Waals surface area contributed by atoms with Crippen molar-refractivity contribution in [1.29, 1.82) is 0 Å². The summed E-state index contributed by atoms with van der Waals surface area (Å²) >= 11 is 0. The van der Waals surface area contributed by atoms with Crippen molar-refractivity contribution in [2.24, 2.45) is 23.5 Å². The summed E-state index contributed by atoms with van der Waals surface area (Å²) in [5.41, 5.74) is 5.95. The van der Waals surface area contributed by atoms with Crippen molar-refractivity contribution in [3.05, 3.63) is 29.8 Å². The van der Waals surface area contributed by atoms with E-state index >= 15 is 0 Å². The van der Waals surface area contributed by atoms with Crippen molar-refractivity contribution in [3.8, 4) is 5.75 Å². The number of ether oxygens (including phenoxy) is 3. The van der Waals surface area contributed by atoms with E-state index in [1.807, 2.05) is 19.1 Å². The van der Waals surface area contributed by atoms with E-state index in [1.54, 1.807) is 26.4 Å². The highest BCUT2D eigenvalue weighted by Crippen LogP contribution is 2.35. The van der Waals surface area contributed by atoms with Gasteiger partial charge in [-0.2, -0.15) is 0 Å². The average Bonchev–Trinajstić information content (AvgIpc) is 2.97. The molecule has 0 bridgehead atoms. The van der Waals surface area contributed by atoms with E-state index in [4.69, 9.17) is 19.9 Å². The number of aliphatic hydroxyl groups is 1. The molecule has 41 heavy (non-hydrogen) atoms. The minimum atomic E-state index is -0.918.